The average molecular weight is 519 g/mol. The molecular weight excluding hydrogens is 466 g/mol. The van der Waals surface area contributed by atoms with E-state index in [0.29, 0.717) is 29.5 Å². The zero-order valence-electron chi connectivity index (χ0n) is 25.4. The first kappa shape index (κ1) is 27.0. The highest BCUT2D eigenvalue weighted by atomic mass is 16.6. The van der Waals surface area contributed by atoms with Crippen molar-refractivity contribution in [1.82, 2.24) is 5.32 Å². The lowest BCUT2D eigenvalue weighted by Gasteiger charge is -2.61. The standard InChI is InChI=1S/C31H51NO5/c1-18(2)26(32-28(35)37-29(4,5)6)27(34)36-21-13-15-30(7)20(17-21)9-10-22-24-12-11-23(19(3)33)31(24,8)16-14-25(22)30/h18,20-26H,9-17H2,1-8H3,(H,32,35)/t20-,21+,22-,23+,24-,25-,26?,30-,31+/m0/s1/i26D. The van der Waals surface area contributed by atoms with Crippen LogP contribution in [0.2, 0.25) is 0 Å². The molecular formula is C31H51NO5. The predicted molar refractivity (Wildman–Crippen MR) is 144 cm³/mol. The van der Waals surface area contributed by atoms with E-state index in [1.54, 1.807) is 41.5 Å². The second kappa shape index (κ2) is 10.2. The van der Waals surface area contributed by atoms with Crippen molar-refractivity contribution in [1.29, 1.82) is 0 Å². The first-order chi connectivity index (χ1) is 17.5. The van der Waals surface area contributed by atoms with Gasteiger partial charge in [0.1, 0.15) is 23.5 Å². The van der Waals surface area contributed by atoms with Crippen LogP contribution in [0.15, 0.2) is 0 Å². The Kier molecular flexibility index (Phi) is 7.43. The number of esters is 1. The molecule has 9 atom stereocenters. The van der Waals surface area contributed by atoms with Crippen molar-refractivity contribution in [3.8, 4) is 0 Å². The number of carbonyl (C=O) groups excluding carboxylic acids is 3. The van der Waals surface area contributed by atoms with Gasteiger partial charge in [-0.15, -0.1) is 0 Å². The largest absolute Gasteiger partial charge is 0.461 e. The number of ether oxygens (including phenoxy) is 2. The number of nitrogens with one attached hydrogen (secondary N) is 1. The van der Waals surface area contributed by atoms with E-state index in [2.05, 4.69) is 19.2 Å². The molecule has 6 nitrogen and oxygen atoms in total. The van der Waals surface area contributed by atoms with E-state index in [1.807, 2.05) is 0 Å². The molecule has 37 heavy (non-hydrogen) atoms. The van der Waals surface area contributed by atoms with Crippen LogP contribution in [-0.2, 0) is 19.1 Å². The third kappa shape index (κ3) is 5.45. The monoisotopic (exact) mass is 518 g/mol. The minimum absolute atomic E-state index is 0.165. The molecule has 0 heterocycles. The van der Waals surface area contributed by atoms with Crippen molar-refractivity contribution >= 4 is 17.8 Å². The van der Waals surface area contributed by atoms with E-state index >= 15 is 0 Å². The normalized spacial score (nSPS) is 41.4. The van der Waals surface area contributed by atoms with E-state index in [-0.39, 0.29) is 22.9 Å². The van der Waals surface area contributed by atoms with E-state index < -0.39 is 29.6 Å². The molecule has 0 radical (unpaired) electrons. The first-order valence-corrected chi connectivity index (χ1v) is 14.7. The summed E-state index contributed by atoms with van der Waals surface area (Å²) >= 11 is 0. The van der Waals surface area contributed by atoms with Gasteiger partial charge in [-0.1, -0.05) is 27.7 Å². The Balaban J connectivity index is 1.42. The van der Waals surface area contributed by atoms with Gasteiger partial charge in [0.15, 0.2) is 0 Å². The van der Waals surface area contributed by atoms with Gasteiger partial charge in [-0.25, -0.2) is 9.59 Å². The van der Waals surface area contributed by atoms with Crippen LogP contribution in [0.5, 0.6) is 0 Å². The third-order valence-corrected chi connectivity index (χ3v) is 10.8. The van der Waals surface area contributed by atoms with Crippen molar-refractivity contribution in [3.05, 3.63) is 0 Å². The lowest BCUT2D eigenvalue weighted by Crippen LogP contribution is -2.55. The summed E-state index contributed by atoms with van der Waals surface area (Å²) in [4.78, 5) is 38.1. The van der Waals surface area contributed by atoms with Gasteiger partial charge in [0.2, 0.25) is 0 Å². The molecule has 4 fully saturated rings. The highest BCUT2D eigenvalue weighted by Crippen LogP contribution is 2.67. The Morgan fingerprint density at radius 1 is 0.946 bits per heavy atom. The van der Waals surface area contributed by atoms with Crippen molar-refractivity contribution in [3.63, 3.8) is 0 Å². The minimum atomic E-state index is -1.90. The molecule has 4 aliphatic rings. The quantitative estimate of drug-likeness (QED) is 0.410. The fraction of sp³-hybridized carbons (Fsp3) is 0.903. The van der Waals surface area contributed by atoms with E-state index in [4.69, 9.17) is 10.8 Å². The van der Waals surface area contributed by atoms with E-state index in [1.165, 1.54) is 19.3 Å². The topological polar surface area (TPSA) is 81.7 Å². The Hall–Kier alpha value is -1.59. The van der Waals surface area contributed by atoms with Gasteiger partial charge >= 0.3 is 12.1 Å². The van der Waals surface area contributed by atoms with Crippen LogP contribution in [0.25, 0.3) is 0 Å². The van der Waals surface area contributed by atoms with Crippen LogP contribution in [0.3, 0.4) is 0 Å². The number of carbonyl (C=O) groups is 3. The average Bonchev–Trinajstić information content (AvgIpc) is 3.15. The van der Waals surface area contributed by atoms with Gasteiger partial charge in [0.05, 0.1) is 1.37 Å². The summed E-state index contributed by atoms with van der Waals surface area (Å²) in [6, 6.07) is -1.90. The van der Waals surface area contributed by atoms with E-state index in [9.17, 15) is 14.4 Å². The highest BCUT2D eigenvalue weighted by molar-refractivity contribution is 5.82. The molecule has 4 aliphatic carbocycles. The molecule has 0 bridgehead atoms. The van der Waals surface area contributed by atoms with Crippen LogP contribution in [-0.4, -0.2) is 35.6 Å². The molecule has 0 saturated heterocycles. The number of hydrogen-bond donors (Lipinski definition) is 1. The predicted octanol–water partition coefficient (Wildman–Crippen LogP) is 6.70. The number of ketones is 1. The molecule has 0 spiro atoms. The Bertz CT molecular complexity index is 945. The summed E-state index contributed by atoms with van der Waals surface area (Å²) in [5.74, 6) is 1.93. The number of alkyl carbamates (subject to hydrolysis) is 1. The van der Waals surface area contributed by atoms with Crippen molar-refractivity contribution in [2.45, 2.75) is 131 Å². The smallest absolute Gasteiger partial charge is 0.408 e. The Labute approximate surface area is 225 Å². The van der Waals surface area contributed by atoms with Crippen molar-refractivity contribution in [2.24, 2.45) is 46.3 Å². The van der Waals surface area contributed by atoms with Crippen molar-refractivity contribution in [2.75, 3.05) is 0 Å². The maximum absolute atomic E-state index is 13.3. The number of fused-ring (bicyclic) bond motifs is 5. The summed E-state index contributed by atoms with van der Waals surface area (Å²) < 4.78 is 20.1. The molecule has 0 aliphatic heterocycles. The number of hydrogen-bond acceptors (Lipinski definition) is 5. The fourth-order valence-corrected chi connectivity index (χ4v) is 9.05. The Morgan fingerprint density at radius 2 is 1.59 bits per heavy atom. The highest BCUT2D eigenvalue weighted by Gasteiger charge is 2.61. The van der Waals surface area contributed by atoms with Crippen LogP contribution >= 0.6 is 0 Å². The number of rotatable bonds is 5. The SMILES string of the molecule is [2H]C(NC(=O)OC(C)(C)C)(C(=O)O[C@@H]1CC[C@@]2(C)[C@@H](CC[C@@H]3[C@@H]2CC[C@]2(C)[C@@H](C(C)=O)CC[C@@H]32)C1)C(C)C. The van der Waals surface area contributed by atoms with Crippen LogP contribution in [0.4, 0.5) is 4.79 Å². The fourth-order valence-electron chi connectivity index (χ4n) is 9.05. The second-order valence-corrected chi connectivity index (χ2v) is 14.4. The third-order valence-electron chi connectivity index (χ3n) is 10.8. The van der Waals surface area contributed by atoms with Gasteiger partial charge in [-0.05, 0) is 126 Å². The molecule has 1 amide bonds. The molecule has 4 rings (SSSR count). The number of amides is 1. The lowest BCUT2D eigenvalue weighted by molar-refractivity contribution is -0.166. The maximum atomic E-state index is 13.3. The summed E-state index contributed by atoms with van der Waals surface area (Å²) in [6.45, 7) is 15.4. The van der Waals surface area contributed by atoms with Gasteiger partial charge in [0, 0.05) is 5.92 Å². The second-order valence-electron chi connectivity index (χ2n) is 14.4. The van der Waals surface area contributed by atoms with Crippen LogP contribution in [0, 0.1) is 46.3 Å². The van der Waals surface area contributed by atoms with Gasteiger partial charge in [0.25, 0.3) is 0 Å². The molecule has 0 aromatic carbocycles. The molecule has 210 valence electrons. The molecule has 0 aromatic rings. The molecule has 4 saturated carbocycles. The first-order valence-electron chi connectivity index (χ1n) is 15.2. The molecule has 1 unspecified atom stereocenters. The van der Waals surface area contributed by atoms with E-state index in [0.717, 1.165) is 38.5 Å². The minimum Gasteiger partial charge on any atom is -0.461 e. The zero-order valence-corrected chi connectivity index (χ0v) is 24.4. The van der Waals surface area contributed by atoms with Crippen LogP contribution < -0.4 is 5.32 Å². The summed E-state index contributed by atoms with van der Waals surface area (Å²) in [5.41, 5.74) is -0.328. The van der Waals surface area contributed by atoms with Crippen LogP contribution in [0.1, 0.15) is 115 Å². The molecule has 0 aromatic heterocycles. The number of Topliss-reactive ketones (excluding diaryl/α,β-unsaturated/α-hetero) is 1. The zero-order chi connectivity index (χ0) is 28.3. The Morgan fingerprint density at radius 3 is 2.22 bits per heavy atom. The molecule has 6 heteroatoms. The van der Waals surface area contributed by atoms with Gasteiger partial charge in [-0.2, -0.15) is 0 Å². The maximum Gasteiger partial charge on any atom is 0.408 e. The lowest BCUT2D eigenvalue weighted by atomic mass is 9.44. The van der Waals surface area contributed by atoms with Gasteiger partial charge < -0.3 is 14.8 Å². The van der Waals surface area contributed by atoms with Crippen molar-refractivity contribution < 1.29 is 25.2 Å². The molecule has 1 N–H and O–H groups in total. The van der Waals surface area contributed by atoms with Gasteiger partial charge in [-0.3, -0.25) is 4.79 Å². The summed E-state index contributed by atoms with van der Waals surface area (Å²) in [5, 5.41) is 2.48. The summed E-state index contributed by atoms with van der Waals surface area (Å²) in [6.07, 6.45) is 8.54. The summed E-state index contributed by atoms with van der Waals surface area (Å²) in [7, 11) is 0.